The summed E-state index contributed by atoms with van der Waals surface area (Å²) in [5, 5.41) is 0. The monoisotopic (exact) mass is 154 g/mol. The van der Waals surface area contributed by atoms with Gasteiger partial charge in [0.2, 0.25) is 0 Å². The van der Waals surface area contributed by atoms with E-state index in [0.717, 1.165) is 0 Å². The number of rotatable bonds is 0. The van der Waals surface area contributed by atoms with Crippen LogP contribution in [0.15, 0.2) is 24.3 Å². The molecule has 58 valence electrons. The fraction of sp³-hybridized carbons (Fsp3) is 0.250. The predicted octanol–water partition coefficient (Wildman–Crippen LogP) is 1.75. The third-order valence-corrected chi connectivity index (χ3v) is 1.47. The second kappa shape index (κ2) is 2.42. The molecule has 1 atom stereocenters. The molecule has 1 aliphatic rings. The second-order valence-corrected chi connectivity index (χ2v) is 2.29. The summed E-state index contributed by atoms with van der Waals surface area (Å²) in [5.74, 6) is 1.09. The molecule has 11 heavy (non-hydrogen) atoms. The Morgan fingerprint density at radius 1 is 1.27 bits per heavy atom. The molecule has 0 amide bonds. The molecular formula is C8H7FO2. The maximum atomic E-state index is 12.5. The lowest BCUT2D eigenvalue weighted by molar-refractivity contribution is -0.00288. The van der Waals surface area contributed by atoms with Crippen LogP contribution in [0, 0.1) is 0 Å². The quantitative estimate of drug-likeness (QED) is 0.566. The van der Waals surface area contributed by atoms with E-state index in [1.54, 1.807) is 18.2 Å². The van der Waals surface area contributed by atoms with Gasteiger partial charge in [-0.1, -0.05) is 12.1 Å². The largest absolute Gasteiger partial charge is 0.483 e. The van der Waals surface area contributed by atoms with Crippen LogP contribution in [0.5, 0.6) is 11.5 Å². The Balaban J connectivity index is 2.34. The molecule has 1 aromatic rings. The SMILES string of the molecule is FC1COc2ccccc2O1. The van der Waals surface area contributed by atoms with E-state index >= 15 is 0 Å². The molecule has 0 aliphatic carbocycles. The van der Waals surface area contributed by atoms with E-state index in [-0.39, 0.29) is 6.61 Å². The molecule has 1 aromatic carbocycles. The van der Waals surface area contributed by atoms with Crippen molar-refractivity contribution in [2.45, 2.75) is 6.36 Å². The molecule has 0 bridgehead atoms. The Kier molecular flexibility index (Phi) is 1.42. The van der Waals surface area contributed by atoms with Crippen molar-refractivity contribution in [1.82, 2.24) is 0 Å². The molecule has 3 heteroatoms. The average molecular weight is 154 g/mol. The topological polar surface area (TPSA) is 18.5 Å². The molecule has 1 heterocycles. The van der Waals surface area contributed by atoms with E-state index in [1.807, 2.05) is 6.07 Å². The van der Waals surface area contributed by atoms with Gasteiger partial charge in [-0.3, -0.25) is 0 Å². The summed E-state index contributed by atoms with van der Waals surface area (Å²) in [4.78, 5) is 0. The van der Waals surface area contributed by atoms with E-state index in [1.165, 1.54) is 0 Å². The number of ether oxygens (including phenoxy) is 2. The standard InChI is InChI=1S/C8H7FO2/c9-8-5-10-6-3-1-2-4-7(6)11-8/h1-4,8H,5H2. The minimum atomic E-state index is -1.33. The molecule has 1 unspecified atom stereocenters. The number of halogens is 1. The first-order valence-corrected chi connectivity index (χ1v) is 3.39. The van der Waals surface area contributed by atoms with Gasteiger partial charge in [-0.05, 0) is 12.1 Å². The van der Waals surface area contributed by atoms with Gasteiger partial charge in [0.15, 0.2) is 18.1 Å². The zero-order valence-corrected chi connectivity index (χ0v) is 5.79. The highest BCUT2D eigenvalue weighted by Gasteiger charge is 2.18. The Morgan fingerprint density at radius 2 is 2.00 bits per heavy atom. The van der Waals surface area contributed by atoms with Crippen LogP contribution in [0.3, 0.4) is 0 Å². The molecule has 2 nitrogen and oxygen atoms in total. The number of benzene rings is 1. The zero-order chi connectivity index (χ0) is 7.68. The number of hydrogen-bond donors (Lipinski definition) is 0. The molecule has 0 fully saturated rings. The van der Waals surface area contributed by atoms with E-state index in [2.05, 4.69) is 0 Å². The van der Waals surface area contributed by atoms with Gasteiger partial charge < -0.3 is 9.47 Å². The molecule has 0 N–H and O–H groups in total. The van der Waals surface area contributed by atoms with Gasteiger partial charge in [-0.15, -0.1) is 0 Å². The summed E-state index contributed by atoms with van der Waals surface area (Å²) in [7, 11) is 0. The average Bonchev–Trinajstić information content (AvgIpc) is 2.04. The normalized spacial score (nSPS) is 21.4. The van der Waals surface area contributed by atoms with E-state index in [4.69, 9.17) is 9.47 Å². The van der Waals surface area contributed by atoms with Crippen LogP contribution in [-0.4, -0.2) is 13.0 Å². The molecule has 0 spiro atoms. The molecule has 0 saturated heterocycles. The van der Waals surface area contributed by atoms with Crippen LogP contribution in [-0.2, 0) is 0 Å². The predicted molar refractivity (Wildman–Crippen MR) is 37.5 cm³/mol. The lowest BCUT2D eigenvalue weighted by Crippen LogP contribution is -2.24. The van der Waals surface area contributed by atoms with E-state index in [0.29, 0.717) is 11.5 Å². The Morgan fingerprint density at radius 3 is 2.82 bits per heavy atom. The first kappa shape index (κ1) is 6.46. The zero-order valence-electron chi connectivity index (χ0n) is 5.79. The van der Waals surface area contributed by atoms with Crippen molar-refractivity contribution in [3.05, 3.63) is 24.3 Å². The van der Waals surface area contributed by atoms with Gasteiger partial charge in [0.05, 0.1) is 0 Å². The van der Waals surface area contributed by atoms with Crippen molar-refractivity contribution in [2.24, 2.45) is 0 Å². The molecule has 0 aromatic heterocycles. The van der Waals surface area contributed by atoms with Crippen molar-refractivity contribution in [1.29, 1.82) is 0 Å². The summed E-state index contributed by atoms with van der Waals surface area (Å²) >= 11 is 0. The molecule has 2 rings (SSSR count). The van der Waals surface area contributed by atoms with Crippen LogP contribution in [0.2, 0.25) is 0 Å². The first-order chi connectivity index (χ1) is 5.36. The first-order valence-electron chi connectivity index (χ1n) is 3.39. The van der Waals surface area contributed by atoms with Crippen LogP contribution in [0.1, 0.15) is 0 Å². The fourth-order valence-corrected chi connectivity index (χ4v) is 0.994. The lowest BCUT2D eigenvalue weighted by Gasteiger charge is -2.20. The highest BCUT2D eigenvalue weighted by Crippen LogP contribution is 2.30. The number of alkyl halides is 1. The van der Waals surface area contributed by atoms with Crippen LogP contribution in [0.4, 0.5) is 4.39 Å². The van der Waals surface area contributed by atoms with Crippen LogP contribution < -0.4 is 9.47 Å². The Bertz CT molecular complexity index is 262. The van der Waals surface area contributed by atoms with Crippen molar-refractivity contribution >= 4 is 0 Å². The van der Waals surface area contributed by atoms with Gasteiger partial charge in [-0.2, -0.15) is 4.39 Å². The van der Waals surface area contributed by atoms with Gasteiger partial charge in [0.25, 0.3) is 6.36 Å². The number of fused-ring (bicyclic) bond motifs is 1. The van der Waals surface area contributed by atoms with Crippen molar-refractivity contribution in [3.63, 3.8) is 0 Å². The van der Waals surface area contributed by atoms with Gasteiger partial charge in [0, 0.05) is 0 Å². The fourth-order valence-electron chi connectivity index (χ4n) is 0.994. The van der Waals surface area contributed by atoms with Gasteiger partial charge >= 0.3 is 0 Å². The van der Waals surface area contributed by atoms with Crippen molar-refractivity contribution in [2.75, 3.05) is 6.61 Å². The Hall–Kier alpha value is -1.25. The highest BCUT2D eigenvalue weighted by atomic mass is 19.1. The van der Waals surface area contributed by atoms with Crippen molar-refractivity contribution in [3.8, 4) is 11.5 Å². The van der Waals surface area contributed by atoms with Gasteiger partial charge in [0.1, 0.15) is 0 Å². The van der Waals surface area contributed by atoms with E-state index in [9.17, 15) is 4.39 Å². The lowest BCUT2D eigenvalue weighted by atomic mass is 10.3. The minimum absolute atomic E-state index is 0.0169. The summed E-state index contributed by atoms with van der Waals surface area (Å²) in [6.45, 7) is -0.0169. The summed E-state index contributed by atoms with van der Waals surface area (Å²) in [6, 6.07) is 7.03. The Labute approximate surface area is 63.5 Å². The second-order valence-electron chi connectivity index (χ2n) is 2.29. The minimum Gasteiger partial charge on any atom is -0.483 e. The maximum absolute atomic E-state index is 12.5. The van der Waals surface area contributed by atoms with Crippen LogP contribution >= 0.6 is 0 Å². The highest BCUT2D eigenvalue weighted by molar-refractivity contribution is 5.40. The third kappa shape index (κ3) is 1.13. The van der Waals surface area contributed by atoms with Gasteiger partial charge in [-0.25, -0.2) is 0 Å². The summed E-state index contributed by atoms with van der Waals surface area (Å²) in [6.07, 6.45) is -1.33. The molecule has 0 radical (unpaired) electrons. The third-order valence-electron chi connectivity index (χ3n) is 1.47. The summed E-state index contributed by atoms with van der Waals surface area (Å²) in [5.41, 5.74) is 0. The smallest absolute Gasteiger partial charge is 0.272 e. The summed E-state index contributed by atoms with van der Waals surface area (Å²) < 4.78 is 22.4. The van der Waals surface area contributed by atoms with Crippen molar-refractivity contribution < 1.29 is 13.9 Å². The maximum Gasteiger partial charge on any atom is 0.272 e. The molecule has 1 aliphatic heterocycles. The number of hydrogen-bond acceptors (Lipinski definition) is 2. The van der Waals surface area contributed by atoms with E-state index < -0.39 is 6.36 Å². The molecular weight excluding hydrogens is 147 g/mol. The van der Waals surface area contributed by atoms with Crippen LogP contribution in [0.25, 0.3) is 0 Å². The number of para-hydroxylation sites is 2. The molecule has 0 saturated carbocycles.